The predicted octanol–water partition coefficient (Wildman–Crippen LogP) is 3.85. The van der Waals surface area contributed by atoms with Crippen LogP contribution in [-0.2, 0) is 11.0 Å². The van der Waals surface area contributed by atoms with E-state index in [1.54, 1.807) is 29.2 Å². The number of carbonyl (C=O) groups excluding carboxylic acids is 1. The first-order valence-electron chi connectivity index (χ1n) is 8.73. The molecule has 1 atom stereocenters. The largest absolute Gasteiger partial charge is 0.433 e. The highest BCUT2D eigenvalue weighted by Crippen LogP contribution is 2.29. The number of amides is 1. The van der Waals surface area contributed by atoms with Gasteiger partial charge in [0.1, 0.15) is 5.69 Å². The van der Waals surface area contributed by atoms with E-state index < -0.39 is 17.8 Å². The third-order valence-electron chi connectivity index (χ3n) is 4.16. The Morgan fingerprint density at radius 3 is 2.72 bits per heavy atom. The zero-order valence-electron chi connectivity index (χ0n) is 15.7. The van der Waals surface area contributed by atoms with E-state index in [-0.39, 0.29) is 18.4 Å². The molecule has 10 heteroatoms. The summed E-state index contributed by atoms with van der Waals surface area (Å²) < 4.78 is 40.2. The molecule has 3 N–H and O–H groups in total. The van der Waals surface area contributed by atoms with Crippen molar-refractivity contribution in [1.29, 1.82) is 0 Å². The molecule has 1 aromatic carbocycles. The third-order valence-corrected chi connectivity index (χ3v) is 4.16. The lowest BCUT2D eigenvalue weighted by Gasteiger charge is -2.11. The van der Waals surface area contributed by atoms with E-state index >= 15 is 0 Å². The summed E-state index contributed by atoms with van der Waals surface area (Å²) in [5, 5.41) is 7.08. The van der Waals surface area contributed by atoms with E-state index in [0.717, 1.165) is 29.0 Å². The summed E-state index contributed by atoms with van der Waals surface area (Å²) >= 11 is 0. The maximum absolute atomic E-state index is 12.8. The van der Waals surface area contributed by atoms with E-state index in [4.69, 9.17) is 5.73 Å². The molecule has 1 unspecified atom stereocenters. The summed E-state index contributed by atoms with van der Waals surface area (Å²) in [7, 11) is 0. The highest BCUT2D eigenvalue weighted by Gasteiger charge is 2.32. The van der Waals surface area contributed by atoms with Crippen molar-refractivity contribution in [3.63, 3.8) is 0 Å². The van der Waals surface area contributed by atoms with Gasteiger partial charge in [0.25, 0.3) is 0 Å². The zero-order valence-corrected chi connectivity index (χ0v) is 15.7. The van der Waals surface area contributed by atoms with Crippen LogP contribution in [0.25, 0.3) is 11.1 Å². The minimum Gasteiger partial charge on any atom is -0.370 e. The molecule has 0 saturated heterocycles. The molecule has 2 aromatic heterocycles. The lowest BCUT2D eigenvalue weighted by Crippen LogP contribution is -2.17. The van der Waals surface area contributed by atoms with Crippen molar-refractivity contribution < 1.29 is 18.0 Å². The number of aromatic nitrogens is 4. The van der Waals surface area contributed by atoms with Crippen LogP contribution in [0.4, 0.5) is 24.8 Å². The van der Waals surface area contributed by atoms with E-state index in [1.165, 1.54) is 0 Å². The van der Waals surface area contributed by atoms with Crippen LogP contribution in [0.15, 0.2) is 42.9 Å². The molecule has 152 valence electrons. The van der Waals surface area contributed by atoms with Crippen molar-refractivity contribution in [3.8, 4) is 11.1 Å². The molecular weight excluding hydrogens is 385 g/mol. The molecule has 0 spiro atoms. The van der Waals surface area contributed by atoms with Crippen LogP contribution in [0.1, 0.15) is 30.6 Å². The van der Waals surface area contributed by atoms with Gasteiger partial charge in [-0.3, -0.25) is 9.48 Å². The molecule has 0 bridgehead atoms. The van der Waals surface area contributed by atoms with Gasteiger partial charge < -0.3 is 11.1 Å². The van der Waals surface area contributed by atoms with Crippen molar-refractivity contribution in [3.05, 3.63) is 54.1 Å². The van der Waals surface area contributed by atoms with Crippen molar-refractivity contribution >= 4 is 17.5 Å². The highest BCUT2D eigenvalue weighted by molar-refractivity contribution is 5.74. The van der Waals surface area contributed by atoms with Crippen LogP contribution < -0.4 is 11.1 Å². The SMILES string of the molecule is Cc1cc(Nc2nccc(C(F)(F)F)n2)cc(-c2cnn(C(C)CC(N)=O)c2)c1. The second-order valence-electron chi connectivity index (χ2n) is 6.70. The molecule has 0 aliphatic carbocycles. The smallest absolute Gasteiger partial charge is 0.370 e. The van der Waals surface area contributed by atoms with Gasteiger partial charge in [-0.2, -0.15) is 18.3 Å². The number of hydrogen-bond acceptors (Lipinski definition) is 5. The Morgan fingerprint density at radius 2 is 2.03 bits per heavy atom. The molecule has 0 aliphatic rings. The van der Waals surface area contributed by atoms with Gasteiger partial charge in [0, 0.05) is 30.1 Å². The van der Waals surface area contributed by atoms with Crippen LogP contribution in [0.2, 0.25) is 0 Å². The topological polar surface area (TPSA) is 98.7 Å². The standard InChI is InChI=1S/C19H19F3N6O/c1-11-5-13(14-9-25-28(10-14)12(2)7-17(23)29)8-15(6-11)26-18-24-4-3-16(27-18)19(20,21)22/h3-6,8-10,12H,7H2,1-2H3,(H2,23,29)(H,24,26,27). The van der Waals surface area contributed by atoms with Gasteiger partial charge in [-0.1, -0.05) is 6.07 Å². The monoisotopic (exact) mass is 404 g/mol. The molecule has 0 aliphatic heterocycles. The predicted molar refractivity (Wildman–Crippen MR) is 101 cm³/mol. The van der Waals surface area contributed by atoms with Gasteiger partial charge in [0.2, 0.25) is 11.9 Å². The Morgan fingerprint density at radius 1 is 1.28 bits per heavy atom. The number of aryl methyl sites for hydroxylation is 1. The van der Waals surface area contributed by atoms with Crippen molar-refractivity contribution in [1.82, 2.24) is 19.7 Å². The Kier molecular flexibility index (Phi) is 5.53. The number of hydrogen-bond donors (Lipinski definition) is 2. The molecular formula is C19H19F3N6O. The summed E-state index contributed by atoms with van der Waals surface area (Å²) in [5.41, 5.74) is 7.22. The van der Waals surface area contributed by atoms with Crippen molar-refractivity contribution in [2.45, 2.75) is 32.5 Å². The number of rotatable bonds is 6. The van der Waals surface area contributed by atoms with Crippen LogP contribution in [0, 0.1) is 6.92 Å². The van der Waals surface area contributed by atoms with Crippen LogP contribution >= 0.6 is 0 Å². The number of primary amides is 1. The molecule has 0 radical (unpaired) electrons. The van der Waals surface area contributed by atoms with Crippen molar-refractivity contribution in [2.75, 3.05) is 5.32 Å². The van der Waals surface area contributed by atoms with E-state index in [9.17, 15) is 18.0 Å². The van der Waals surface area contributed by atoms with Crippen molar-refractivity contribution in [2.24, 2.45) is 5.73 Å². The second kappa shape index (κ2) is 7.90. The Hall–Kier alpha value is -3.43. The Labute approximate surface area is 164 Å². The first kappa shape index (κ1) is 20.3. The molecule has 0 saturated carbocycles. The number of benzene rings is 1. The first-order chi connectivity index (χ1) is 13.6. The van der Waals surface area contributed by atoms with Gasteiger partial charge in [-0.15, -0.1) is 0 Å². The Bertz CT molecular complexity index is 1030. The van der Waals surface area contributed by atoms with Gasteiger partial charge in [-0.05, 0) is 43.2 Å². The molecule has 3 aromatic rings. The summed E-state index contributed by atoms with van der Waals surface area (Å²) in [6.07, 6.45) is 0.102. The maximum atomic E-state index is 12.8. The maximum Gasteiger partial charge on any atom is 0.433 e. The molecule has 0 fully saturated rings. The number of nitrogens with zero attached hydrogens (tertiary/aromatic N) is 4. The quantitative estimate of drug-likeness (QED) is 0.650. The summed E-state index contributed by atoms with van der Waals surface area (Å²) in [5.74, 6) is -0.570. The normalized spacial score (nSPS) is 12.6. The lowest BCUT2D eigenvalue weighted by atomic mass is 10.1. The Balaban J connectivity index is 1.86. The highest BCUT2D eigenvalue weighted by atomic mass is 19.4. The lowest BCUT2D eigenvalue weighted by molar-refractivity contribution is -0.141. The second-order valence-corrected chi connectivity index (χ2v) is 6.70. The minimum atomic E-state index is -4.55. The zero-order chi connectivity index (χ0) is 21.2. The fourth-order valence-electron chi connectivity index (χ4n) is 2.84. The number of anilines is 2. The number of nitrogens with two attached hydrogens (primary N) is 1. The number of halogens is 3. The third kappa shape index (κ3) is 5.09. The van der Waals surface area contributed by atoms with Crippen LogP contribution in [0.5, 0.6) is 0 Å². The molecule has 29 heavy (non-hydrogen) atoms. The van der Waals surface area contributed by atoms with E-state index in [0.29, 0.717) is 5.69 Å². The average Bonchev–Trinajstić information content (AvgIpc) is 3.10. The fourth-order valence-corrected chi connectivity index (χ4v) is 2.84. The number of alkyl halides is 3. The summed E-state index contributed by atoms with van der Waals surface area (Å²) in [6, 6.07) is 6.07. The van der Waals surface area contributed by atoms with Gasteiger partial charge >= 0.3 is 6.18 Å². The minimum absolute atomic E-state index is 0.151. The van der Waals surface area contributed by atoms with Crippen LogP contribution in [-0.4, -0.2) is 25.7 Å². The summed E-state index contributed by atoms with van der Waals surface area (Å²) in [6.45, 7) is 3.69. The number of nitrogens with one attached hydrogen (secondary N) is 1. The molecule has 2 heterocycles. The van der Waals surface area contributed by atoms with Gasteiger partial charge in [-0.25, -0.2) is 9.97 Å². The average molecular weight is 404 g/mol. The molecule has 3 rings (SSSR count). The molecule has 7 nitrogen and oxygen atoms in total. The molecule has 1 amide bonds. The first-order valence-corrected chi connectivity index (χ1v) is 8.73. The fraction of sp³-hybridized carbons (Fsp3) is 0.263. The van der Waals surface area contributed by atoms with E-state index in [1.807, 2.05) is 19.9 Å². The van der Waals surface area contributed by atoms with Gasteiger partial charge in [0.15, 0.2) is 0 Å². The van der Waals surface area contributed by atoms with E-state index in [2.05, 4.69) is 20.4 Å². The van der Waals surface area contributed by atoms with Crippen LogP contribution in [0.3, 0.4) is 0 Å². The summed E-state index contributed by atoms with van der Waals surface area (Å²) in [4.78, 5) is 18.5. The van der Waals surface area contributed by atoms with Gasteiger partial charge in [0.05, 0.1) is 12.2 Å². The number of carbonyl (C=O) groups is 1.